The molecule has 0 spiro atoms. The average Bonchev–Trinajstić information content (AvgIpc) is 1.90. The van der Waals surface area contributed by atoms with E-state index in [0.717, 1.165) is 31.3 Å². The van der Waals surface area contributed by atoms with Gasteiger partial charge in [-0.05, 0) is 0 Å². The Bertz CT molecular complexity index is 171. The Kier molecular flexibility index (Phi) is 2.34. The first kappa shape index (κ1) is 6.08. The van der Waals surface area contributed by atoms with Gasteiger partial charge in [0.2, 0.25) is 0 Å². The average molecular weight is 292 g/mol. The van der Waals surface area contributed by atoms with Crippen molar-refractivity contribution in [3.05, 3.63) is 30.1 Å². The minimum absolute atomic E-state index is 0.735. The molecule has 8 heavy (non-hydrogen) atoms. The van der Waals surface area contributed by atoms with Crippen LogP contribution >= 0.6 is 0 Å². The van der Waals surface area contributed by atoms with Crippen molar-refractivity contribution in [2.45, 2.75) is 0 Å². The summed E-state index contributed by atoms with van der Waals surface area (Å²) in [4.78, 5) is 4.09. The maximum absolute atomic E-state index is 4.09. The van der Waals surface area contributed by atoms with Crippen LogP contribution in [0.4, 0.5) is 0 Å². The Morgan fingerprint density at radius 3 is 2.75 bits per heavy atom. The van der Waals surface area contributed by atoms with Crippen molar-refractivity contribution in [1.82, 2.24) is 4.98 Å². The van der Waals surface area contributed by atoms with E-state index in [2.05, 4.69) is 8.49 Å². The third-order valence-electron chi connectivity index (χ3n) is 0.897. The van der Waals surface area contributed by atoms with Crippen LogP contribution in [0.15, 0.2) is 24.4 Å². The van der Waals surface area contributed by atoms with Gasteiger partial charge < -0.3 is 0 Å². The van der Waals surface area contributed by atoms with Gasteiger partial charge in [-0.1, -0.05) is 0 Å². The molecule has 0 amide bonds. The molecular weight excluding hydrogens is 287 g/mol. The molecule has 0 aliphatic heterocycles. The summed E-state index contributed by atoms with van der Waals surface area (Å²) in [5.41, 5.74) is 1.12. The number of hydrogen-bond acceptors (Lipinski definition) is 1. The van der Waals surface area contributed by atoms with Crippen LogP contribution in [0.25, 0.3) is 0 Å². The molecule has 1 aromatic heterocycles. The van der Waals surface area contributed by atoms with E-state index < -0.39 is 0 Å². The molecule has 36 valence electrons. The van der Waals surface area contributed by atoms with Crippen LogP contribution in [-0.4, -0.2) is 8.49 Å². The second-order valence-corrected chi connectivity index (χ2v) is 3.05. The van der Waals surface area contributed by atoms with Crippen LogP contribution in [0, 0.1) is 0 Å². The molecule has 0 aliphatic carbocycles. The number of rotatable bonds is 1. The van der Waals surface area contributed by atoms with Crippen molar-refractivity contribution in [1.29, 1.82) is 0 Å². The van der Waals surface area contributed by atoms with Gasteiger partial charge in [0.15, 0.2) is 0 Å². The van der Waals surface area contributed by atoms with E-state index in [-0.39, 0.29) is 0 Å². The summed E-state index contributed by atoms with van der Waals surface area (Å²) in [5.74, 6) is 0. The molecule has 1 aromatic rings. The Hall–Kier alpha value is -0.0449. The van der Waals surface area contributed by atoms with Crippen molar-refractivity contribution in [2.24, 2.45) is 0 Å². The predicted octanol–water partition coefficient (Wildman–Crippen LogP) is 0.779. The van der Waals surface area contributed by atoms with Crippen molar-refractivity contribution in [2.75, 3.05) is 0 Å². The number of pyridine rings is 1. The standard InChI is InChI=1S/C6H5N.Hg/c1-6-4-2-3-5-7-6;/h1-5H;. The van der Waals surface area contributed by atoms with E-state index in [1.54, 1.807) is 0 Å². The molecule has 1 rings (SSSR count). The van der Waals surface area contributed by atoms with Crippen molar-refractivity contribution < 1.29 is 25.6 Å². The van der Waals surface area contributed by atoms with E-state index in [0.29, 0.717) is 0 Å². The van der Waals surface area contributed by atoms with E-state index in [1.807, 2.05) is 24.4 Å². The van der Waals surface area contributed by atoms with Crippen LogP contribution in [0.1, 0.15) is 5.69 Å². The summed E-state index contributed by atoms with van der Waals surface area (Å²) >= 11 is 0.735. The molecule has 0 aliphatic rings. The first-order valence-electron chi connectivity index (χ1n) is 2.47. The number of aromatic nitrogens is 1. The van der Waals surface area contributed by atoms with Crippen molar-refractivity contribution >= 4 is 3.51 Å². The molecule has 0 bridgehead atoms. The second-order valence-electron chi connectivity index (χ2n) is 1.46. The van der Waals surface area contributed by atoms with E-state index in [9.17, 15) is 0 Å². The zero-order valence-electron chi connectivity index (χ0n) is 4.54. The molecule has 1 heterocycles. The second kappa shape index (κ2) is 3.08. The topological polar surface area (TPSA) is 12.9 Å². The number of hydrogen-bond donors (Lipinski definition) is 0. The summed E-state index contributed by atoms with van der Waals surface area (Å²) in [6, 6.07) is 5.96. The summed E-state index contributed by atoms with van der Waals surface area (Å²) in [5, 5.41) is 0. The summed E-state index contributed by atoms with van der Waals surface area (Å²) < 4.78 is 2.17. The molecule has 0 radical (unpaired) electrons. The van der Waals surface area contributed by atoms with Crippen molar-refractivity contribution in [3.8, 4) is 0 Å². The molecule has 0 fully saturated rings. The Balaban J connectivity index is 2.99. The Labute approximate surface area is 64.2 Å². The van der Waals surface area contributed by atoms with Gasteiger partial charge in [0, 0.05) is 0 Å². The van der Waals surface area contributed by atoms with Gasteiger partial charge in [-0.15, -0.1) is 0 Å². The fourth-order valence-corrected chi connectivity index (χ4v) is 1.44. The molecule has 0 unspecified atom stereocenters. The first-order chi connectivity index (χ1) is 3.93. The third kappa shape index (κ3) is 1.48. The molecule has 0 N–H and O–H groups in total. The Morgan fingerprint density at radius 2 is 2.38 bits per heavy atom. The SMILES string of the molecule is [Hg]=[CH]c1ccccn1. The van der Waals surface area contributed by atoms with E-state index in [1.165, 1.54) is 0 Å². The molecule has 0 saturated carbocycles. The normalized spacial score (nSPS) is 8.75. The quantitative estimate of drug-likeness (QED) is 0.697. The fraction of sp³-hybridized carbons (Fsp3) is 0. The number of nitrogens with zero attached hydrogens (tertiary/aromatic N) is 1. The van der Waals surface area contributed by atoms with Gasteiger partial charge in [0.1, 0.15) is 0 Å². The maximum atomic E-state index is 4.09. The molecule has 0 atom stereocenters. The first-order valence-corrected chi connectivity index (χ1v) is 5.64. The minimum atomic E-state index is 0.735. The van der Waals surface area contributed by atoms with E-state index in [4.69, 9.17) is 0 Å². The van der Waals surface area contributed by atoms with Crippen LogP contribution in [0.3, 0.4) is 0 Å². The monoisotopic (exact) mass is 293 g/mol. The van der Waals surface area contributed by atoms with Gasteiger partial charge in [-0.2, -0.15) is 0 Å². The predicted molar refractivity (Wildman–Crippen MR) is 29.4 cm³/mol. The molecule has 0 saturated heterocycles. The molecular formula is C6H5HgN. The van der Waals surface area contributed by atoms with Crippen LogP contribution in [0.5, 0.6) is 0 Å². The van der Waals surface area contributed by atoms with Gasteiger partial charge in [-0.3, -0.25) is 0 Å². The van der Waals surface area contributed by atoms with Crippen molar-refractivity contribution in [3.63, 3.8) is 0 Å². The van der Waals surface area contributed by atoms with Crippen LogP contribution in [0.2, 0.25) is 0 Å². The molecule has 1 nitrogen and oxygen atoms in total. The van der Waals surface area contributed by atoms with Gasteiger partial charge in [0.25, 0.3) is 0 Å². The van der Waals surface area contributed by atoms with Crippen LogP contribution < -0.4 is 0 Å². The van der Waals surface area contributed by atoms with Gasteiger partial charge in [0.05, 0.1) is 0 Å². The zero-order chi connectivity index (χ0) is 5.82. The fourth-order valence-electron chi connectivity index (χ4n) is 0.497. The van der Waals surface area contributed by atoms with Crippen LogP contribution in [-0.2, 0) is 25.6 Å². The zero-order valence-corrected chi connectivity index (χ0v) is 10.0. The molecule has 2 heteroatoms. The van der Waals surface area contributed by atoms with Gasteiger partial charge in [-0.25, -0.2) is 0 Å². The molecule has 0 aromatic carbocycles. The summed E-state index contributed by atoms with van der Waals surface area (Å²) in [7, 11) is 0. The third-order valence-corrected chi connectivity index (χ3v) is 2.52. The summed E-state index contributed by atoms with van der Waals surface area (Å²) in [6.45, 7) is 0. The Morgan fingerprint density at radius 1 is 1.50 bits per heavy atom. The van der Waals surface area contributed by atoms with E-state index >= 15 is 0 Å². The van der Waals surface area contributed by atoms with Gasteiger partial charge >= 0.3 is 64.2 Å². The summed E-state index contributed by atoms with van der Waals surface area (Å²) in [6.07, 6.45) is 1.82.